The van der Waals surface area contributed by atoms with Crippen molar-refractivity contribution < 1.29 is 19.1 Å². The Morgan fingerprint density at radius 1 is 1.22 bits per heavy atom. The van der Waals surface area contributed by atoms with Crippen LogP contribution in [0.15, 0.2) is 42.7 Å². The molecule has 9 heteroatoms. The molecule has 0 radical (unpaired) electrons. The van der Waals surface area contributed by atoms with Crippen LogP contribution in [0, 0.1) is 3.57 Å². The highest BCUT2D eigenvalue weighted by Gasteiger charge is 2.12. The summed E-state index contributed by atoms with van der Waals surface area (Å²) >= 11 is 3.60. The van der Waals surface area contributed by atoms with Gasteiger partial charge in [-0.3, -0.25) is 15.1 Å². The number of benzene rings is 1. The molecule has 0 bridgehead atoms. The van der Waals surface area contributed by atoms with E-state index >= 15 is 0 Å². The second-order valence-electron chi connectivity index (χ2n) is 5.33. The van der Waals surface area contributed by atoms with Gasteiger partial charge in [-0.05, 0) is 59.8 Å². The van der Waals surface area contributed by atoms with Crippen LogP contribution in [0.3, 0.4) is 0 Å². The Bertz CT molecular complexity index is 959. The van der Waals surface area contributed by atoms with Crippen LogP contribution in [0.25, 0.3) is 10.1 Å². The zero-order valence-corrected chi connectivity index (χ0v) is 17.3. The van der Waals surface area contributed by atoms with E-state index in [1.54, 1.807) is 19.3 Å². The lowest BCUT2D eigenvalue weighted by Gasteiger charge is -2.06. The Labute approximate surface area is 173 Å². The second kappa shape index (κ2) is 9.00. The minimum absolute atomic E-state index is 0.187. The molecule has 3 aromatic rings. The average Bonchev–Trinajstić information content (AvgIpc) is 3.05. The Hall–Kier alpha value is -2.40. The molecular weight excluding hydrogens is 481 g/mol. The van der Waals surface area contributed by atoms with Gasteiger partial charge in [0.05, 0.1) is 22.5 Å². The minimum Gasteiger partial charge on any atom is -0.465 e. The van der Waals surface area contributed by atoms with Crippen molar-refractivity contribution in [3.8, 4) is 11.5 Å². The van der Waals surface area contributed by atoms with Gasteiger partial charge in [0.25, 0.3) is 0 Å². The number of halogens is 1. The van der Waals surface area contributed by atoms with Gasteiger partial charge in [-0.1, -0.05) is 0 Å². The third-order valence-corrected chi connectivity index (χ3v) is 5.09. The van der Waals surface area contributed by atoms with E-state index in [4.69, 9.17) is 9.47 Å². The molecule has 0 atom stereocenters. The van der Waals surface area contributed by atoms with Gasteiger partial charge in [0.2, 0.25) is 0 Å². The van der Waals surface area contributed by atoms with Crippen LogP contribution in [0.2, 0.25) is 0 Å². The molecule has 0 spiro atoms. The number of urea groups is 1. The fourth-order valence-electron chi connectivity index (χ4n) is 2.23. The summed E-state index contributed by atoms with van der Waals surface area (Å²) in [6, 6.07) is 9.01. The Morgan fingerprint density at radius 2 is 2.00 bits per heavy atom. The number of rotatable bonds is 6. The molecule has 0 aliphatic carbocycles. The summed E-state index contributed by atoms with van der Waals surface area (Å²) in [5.41, 5.74) is 0. The number of carbonyl (C=O) groups is 2. The number of anilines is 1. The lowest BCUT2D eigenvalue weighted by molar-refractivity contribution is -0.141. The number of aromatic nitrogens is 1. The maximum atomic E-state index is 11.9. The molecule has 140 valence electrons. The maximum Gasteiger partial charge on any atom is 0.325 e. The first-order chi connectivity index (χ1) is 13.0. The van der Waals surface area contributed by atoms with Gasteiger partial charge in [0.15, 0.2) is 5.75 Å². The normalized spacial score (nSPS) is 10.4. The number of hydrogen-bond donors (Lipinski definition) is 2. The molecule has 0 aliphatic heterocycles. The molecule has 1 aromatic carbocycles. The third-order valence-electron chi connectivity index (χ3n) is 3.39. The smallest absolute Gasteiger partial charge is 0.325 e. The fourth-order valence-corrected chi connectivity index (χ4v) is 3.53. The van der Waals surface area contributed by atoms with Crippen molar-refractivity contribution in [2.45, 2.75) is 6.92 Å². The fraction of sp³-hybridized carbons (Fsp3) is 0.167. The first kappa shape index (κ1) is 19.4. The standard InChI is InChI=1S/C18H16IN3O4S/c1-2-25-17(23)10-21-18(24)22-16-7-13-14(8-20-9-15(13)27-16)26-12-5-3-11(19)4-6-12/h3-9H,2,10H2,1H3,(H2,21,22,24). The van der Waals surface area contributed by atoms with Crippen molar-refractivity contribution in [1.29, 1.82) is 0 Å². The number of carbonyl (C=O) groups excluding carboxylic acids is 2. The number of fused-ring (bicyclic) bond motifs is 1. The van der Waals surface area contributed by atoms with Crippen LogP contribution in [0.4, 0.5) is 9.80 Å². The molecule has 0 saturated carbocycles. The number of hydrogen-bond acceptors (Lipinski definition) is 6. The number of pyridine rings is 1. The summed E-state index contributed by atoms with van der Waals surface area (Å²) in [6.45, 7) is 1.79. The Kier molecular flexibility index (Phi) is 6.45. The van der Waals surface area contributed by atoms with Crippen LogP contribution in [-0.2, 0) is 9.53 Å². The number of thiophene rings is 1. The first-order valence-electron chi connectivity index (χ1n) is 8.06. The minimum atomic E-state index is -0.485. The molecule has 2 aromatic heterocycles. The van der Waals surface area contributed by atoms with E-state index in [1.165, 1.54) is 11.3 Å². The van der Waals surface area contributed by atoms with Crippen molar-refractivity contribution in [1.82, 2.24) is 10.3 Å². The van der Waals surface area contributed by atoms with Gasteiger partial charge in [0, 0.05) is 15.2 Å². The van der Waals surface area contributed by atoms with Crippen LogP contribution in [0.5, 0.6) is 11.5 Å². The average molecular weight is 497 g/mol. The molecule has 2 amide bonds. The SMILES string of the molecule is CCOC(=O)CNC(=O)Nc1cc2c(Oc3ccc(I)cc3)cncc2s1. The summed E-state index contributed by atoms with van der Waals surface area (Å²) in [5.74, 6) is 0.823. The quantitative estimate of drug-likeness (QED) is 0.390. The molecule has 0 fully saturated rings. The monoisotopic (exact) mass is 497 g/mol. The number of esters is 1. The van der Waals surface area contributed by atoms with Gasteiger partial charge in [-0.15, -0.1) is 11.3 Å². The van der Waals surface area contributed by atoms with E-state index in [9.17, 15) is 9.59 Å². The molecule has 3 rings (SSSR count). The van der Waals surface area contributed by atoms with Crippen LogP contribution >= 0.6 is 33.9 Å². The Balaban J connectivity index is 1.70. The molecule has 0 saturated heterocycles. The van der Waals surface area contributed by atoms with Crippen LogP contribution in [-0.4, -0.2) is 30.1 Å². The summed E-state index contributed by atoms with van der Waals surface area (Å²) in [4.78, 5) is 27.4. The second-order valence-corrected chi connectivity index (χ2v) is 7.66. The zero-order valence-electron chi connectivity index (χ0n) is 14.3. The predicted octanol–water partition coefficient (Wildman–Crippen LogP) is 4.38. The molecule has 0 aliphatic rings. The van der Waals surface area contributed by atoms with E-state index in [2.05, 4.69) is 38.2 Å². The lowest BCUT2D eigenvalue weighted by Crippen LogP contribution is -2.33. The predicted molar refractivity (Wildman–Crippen MR) is 113 cm³/mol. The van der Waals surface area contributed by atoms with Crippen LogP contribution < -0.4 is 15.4 Å². The van der Waals surface area contributed by atoms with E-state index < -0.39 is 12.0 Å². The van der Waals surface area contributed by atoms with E-state index in [0.29, 0.717) is 16.5 Å². The molecular formula is C18H16IN3O4S. The van der Waals surface area contributed by atoms with Crippen molar-refractivity contribution >= 4 is 61.0 Å². The van der Waals surface area contributed by atoms with E-state index in [0.717, 1.165) is 13.7 Å². The number of nitrogens with one attached hydrogen (secondary N) is 2. The third kappa shape index (κ3) is 5.30. The highest BCUT2D eigenvalue weighted by molar-refractivity contribution is 14.1. The number of nitrogens with zero attached hydrogens (tertiary/aromatic N) is 1. The summed E-state index contributed by atoms with van der Waals surface area (Å²) < 4.78 is 12.7. The van der Waals surface area contributed by atoms with Gasteiger partial charge in [-0.2, -0.15) is 0 Å². The molecule has 27 heavy (non-hydrogen) atoms. The van der Waals surface area contributed by atoms with Crippen molar-refractivity contribution in [3.63, 3.8) is 0 Å². The van der Waals surface area contributed by atoms with Crippen molar-refractivity contribution in [2.75, 3.05) is 18.5 Å². The van der Waals surface area contributed by atoms with Gasteiger partial charge >= 0.3 is 12.0 Å². The summed E-state index contributed by atoms with van der Waals surface area (Å²) in [7, 11) is 0. The van der Waals surface area contributed by atoms with Gasteiger partial charge < -0.3 is 14.8 Å². The van der Waals surface area contributed by atoms with Gasteiger partial charge in [0.1, 0.15) is 12.3 Å². The van der Waals surface area contributed by atoms with Gasteiger partial charge in [-0.25, -0.2) is 4.79 Å². The van der Waals surface area contributed by atoms with E-state index in [1.807, 2.05) is 30.3 Å². The first-order valence-corrected chi connectivity index (χ1v) is 9.96. The summed E-state index contributed by atoms with van der Waals surface area (Å²) in [5, 5.41) is 6.62. The zero-order chi connectivity index (χ0) is 19.2. The molecule has 2 N–H and O–H groups in total. The van der Waals surface area contributed by atoms with Crippen molar-refractivity contribution in [2.24, 2.45) is 0 Å². The van der Waals surface area contributed by atoms with Crippen LogP contribution in [0.1, 0.15) is 6.92 Å². The number of ether oxygens (including phenoxy) is 2. The number of amides is 2. The molecule has 2 heterocycles. The highest BCUT2D eigenvalue weighted by Crippen LogP contribution is 2.36. The van der Waals surface area contributed by atoms with Crippen molar-refractivity contribution in [3.05, 3.63) is 46.3 Å². The Morgan fingerprint density at radius 3 is 2.74 bits per heavy atom. The summed E-state index contributed by atoms with van der Waals surface area (Å²) in [6.07, 6.45) is 3.35. The molecule has 7 nitrogen and oxygen atoms in total. The highest BCUT2D eigenvalue weighted by atomic mass is 127. The lowest BCUT2D eigenvalue weighted by atomic mass is 10.3. The topological polar surface area (TPSA) is 89.5 Å². The molecule has 0 unspecified atom stereocenters. The maximum absolute atomic E-state index is 11.9. The largest absolute Gasteiger partial charge is 0.465 e. The van der Waals surface area contributed by atoms with E-state index in [-0.39, 0.29) is 13.2 Å².